The molecular weight excluding hydrogens is 376 g/mol. The number of likely N-dealkylation sites (N-methyl/N-ethyl adjacent to an activating group) is 1. The second kappa shape index (κ2) is 9.56. The van der Waals surface area contributed by atoms with E-state index in [-0.39, 0.29) is 6.10 Å². The average Bonchev–Trinajstić information content (AvgIpc) is 2.74. The van der Waals surface area contributed by atoms with E-state index >= 15 is 0 Å². The van der Waals surface area contributed by atoms with E-state index in [1.54, 1.807) is 0 Å². The first-order valence-corrected chi connectivity index (χ1v) is 10.5. The van der Waals surface area contributed by atoms with Gasteiger partial charge in [0.15, 0.2) is 0 Å². The van der Waals surface area contributed by atoms with Crippen LogP contribution >= 0.6 is 0 Å². The Morgan fingerprint density at radius 2 is 1.93 bits per heavy atom. The van der Waals surface area contributed by atoms with Gasteiger partial charge in [-0.3, -0.25) is 4.90 Å². The third-order valence-electron chi connectivity index (χ3n) is 5.48. The standard InChI is InChI=1S/C25H30N2O3/c1-18-8-9-24-21(12-18)13-22(14-27(3)15-23-17-28-10-11-29-23)25(26-24)30-16-20-7-5-4-6-19(20)2/h4-9,12-13,23H,10-11,14-17H2,1-3H3. The lowest BCUT2D eigenvalue weighted by atomic mass is 10.1. The lowest BCUT2D eigenvalue weighted by molar-refractivity contribution is -0.0963. The van der Waals surface area contributed by atoms with Crippen LogP contribution < -0.4 is 4.74 Å². The number of pyridine rings is 1. The number of hydrogen-bond donors (Lipinski definition) is 0. The van der Waals surface area contributed by atoms with Crippen molar-refractivity contribution in [3.63, 3.8) is 0 Å². The summed E-state index contributed by atoms with van der Waals surface area (Å²) in [4.78, 5) is 7.10. The van der Waals surface area contributed by atoms with Crippen molar-refractivity contribution < 1.29 is 14.2 Å². The van der Waals surface area contributed by atoms with Crippen molar-refractivity contribution in [3.05, 3.63) is 70.8 Å². The Hall–Kier alpha value is -2.47. The molecule has 0 aliphatic carbocycles. The molecule has 0 radical (unpaired) electrons. The van der Waals surface area contributed by atoms with E-state index in [0.29, 0.717) is 32.3 Å². The van der Waals surface area contributed by atoms with Gasteiger partial charge in [0.25, 0.3) is 0 Å². The Labute approximate surface area is 178 Å². The highest BCUT2D eigenvalue weighted by Crippen LogP contribution is 2.26. The van der Waals surface area contributed by atoms with E-state index in [0.717, 1.165) is 29.6 Å². The minimum Gasteiger partial charge on any atom is -0.473 e. The minimum atomic E-state index is 0.107. The molecule has 3 aromatic rings. The van der Waals surface area contributed by atoms with E-state index in [2.05, 4.69) is 62.2 Å². The van der Waals surface area contributed by atoms with Crippen molar-refractivity contribution in [2.75, 3.05) is 33.4 Å². The first-order chi connectivity index (χ1) is 14.6. The van der Waals surface area contributed by atoms with Crippen molar-refractivity contribution in [1.82, 2.24) is 9.88 Å². The van der Waals surface area contributed by atoms with Gasteiger partial charge in [0.2, 0.25) is 5.88 Å². The van der Waals surface area contributed by atoms with Crippen LogP contribution in [-0.2, 0) is 22.6 Å². The zero-order valence-corrected chi connectivity index (χ0v) is 18.1. The molecule has 0 N–H and O–H groups in total. The van der Waals surface area contributed by atoms with Gasteiger partial charge in [0.1, 0.15) is 6.61 Å². The molecule has 0 spiro atoms. The summed E-state index contributed by atoms with van der Waals surface area (Å²) in [5.41, 5.74) is 5.67. The molecule has 4 rings (SSSR count). The van der Waals surface area contributed by atoms with Gasteiger partial charge < -0.3 is 14.2 Å². The summed E-state index contributed by atoms with van der Waals surface area (Å²) < 4.78 is 17.6. The van der Waals surface area contributed by atoms with E-state index < -0.39 is 0 Å². The Morgan fingerprint density at radius 1 is 1.07 bits per heavy atom. The molecule has 5 heteroatoms. The molecule has 1 unspecified atom stereocenters. The number of ether oxygens (including phenoxy) is 3. The van der Waals surface area contributed by atoms with E-state index in [9.17, 15) is 0 Å². The molecule has 1 saturated heterocycles. The maximum Gasteiger partial charge on any atom is 0.218 e. The first kappa shape index (κ1) is 20.8. The van der Waals surface area contributed by atoms with Gasteiger partial charge in [0, 0.05) is 24.0 Å². The summed E-state index contributed by atoms with van der Waals surface area (Å²) in [6.07, 6.45) is 0.107. The number of aryl methyl sites for hydroxylation is 2. The van der Waals surface area contributed by atoms with Gasteiger partial charge in [-0.2, -0.15) is 0 Å². The second-order valence-corrected chi connectivity index (χ2v) is 8.13. The Bertz CT molecular complexity index is 999. The van der Waals surface area contributed by atoms with Crippen molar-refractivity contribution in [3.8, 4) is 5.88 Å². The maximum absolute atomic E-state index is 6.24. The topological polar surface area (TPSA) is 43.8 Å². The van der Waals surface area contributed by atoms with Crippen molar-refractivity contribution in [2.24, 2.45) is 0 Å². The molecule has 0 saturated carbocycles. The minimum absolute atomic E-state index is 0.107. The third-order valence-corrected chi connectivity index (χ3v) is 5.48. The number of rotatable bonds is 7. The molecule has 1 aliphatic heterocycles. The fraction of sp³-hybridized carbons (Fsp3) is 0.400. The highest BCUT2D eigenvalue weighted by atomic mass is 16.6. The Balaban J connectivity index is 1.56. The van der Waals surface area contributed by atoms with Crippen LogP contribution in [0.3, 0.4) is 0 Å². The van der Waals surface area contributed by atoms with Crippen molar-refractivity contribution in [2.45, 2.75) is 33.1 Å². The van der Waals surface area contributed by atoms with Gasteiger partial charge >= 0.3 is 0 Å². The molecule has 2 heterocycles. The van der Waals surface area contributed by atoms with Crippen molar-refractivity contribution >= 4 is 10.9 Å². The van der Waals surface area contributed by atoms with E-state index in [1.165, 1.54) is 16.7 Å². The highest BCUT2D eigenvalue weighted by molar-refractivity contribution is 5.80. The molecule has 1 aliphatic rings. The average molecular weight is 407 g/mol. The SMILES string of the molecule is Cc1ccc2nc(OCc3ccccc3C)c(CN(C)CC3COCCO3)cc2c1. The Morgan fingerprint density at radius 3 is 2.73 bits per heavy atom. The van der Waals surface area contributed by atoms with Gasteiger partial charge in [-0.05, 0) is 50.2 Å². The summed E-state index contributed by atoms with van der Waals surface area (Å²) in [5.74, 6) is 0.697. The van der Waals surface area contributed by atoms with Crippen LogP contribution in [0.2, 0.25) is 0 Å². The van der Waals surface area contributed by atoms with Crippen LogP contribution in [0.15, 0.2) is 48.5 Å². The van der Waals surface area contributed by atoms with E-state index in [4.69, 9.17) is 19.2 Å². The third kappa shape index (κ3) is 5.17. The summed E-state index contributed by atoms with van der Waals surface area (Å²) in [6, 6.07) is 16.8. The van der Waals surface area contributed by atoms with Crippen molar-refractivity contribution in [1.29, 1.82) is 0 Å². The largest absolute Gasteiger partial charge is 0.473 e. The molecule has 1 fully saturated rings. The molecule has 1 aromatic heterocycles. The van der Waals surface area contributed by atoms with Crippen LogP contribution in [0.4, 0.5) is 0 Å². The lowest BCUT2D eigenvalue weighted by Gasteiger charge is -2.27. The fourth-order valence-electron chi connectivity index (χ4n) is 3.82. The predicted molar refractivity (Wildman–Crippen MR) is 119 cm³/mol. The maximum atomic E-state index is 6.24. The molecule has 0 bridgehead atoms. The second-order valence-electron chi connectivity index (χ2n) is 8.13. The van der Waals surface area contributed by atoms with Crippen LogP contribution in [-0.4, -0.2) is 49.4 Å². The zero-order chi connectivity index (χ0) is 20.9. The van der Waals surface area contributed by atoms with Gasteiger partial charge in [-0.15, -0.1) is 0 Å². The quantitative estimate of drug-likeness (QED) is 0.586. The lowest BCUT2D eigenvalue weighted by Crippen LogP contribution is -2.38. The monoisotopic (exact) mass is 406 g/mol. The summed E-state index contributed by atoms with van der Waals surface area (Å²) in [7, 11) is 2.10. The highest BCUT2D eigenvalue weighted by Gasteiger charge is 2.18. The number of hydrogen-bond acceptors (Lipinski definition) is 5. The normalized spacial score (nSPS) is 16.9. The fourth-order valence-corrected chi connectivity index (χ4v) is 3.82. The summed E-state index contributed by atoms with van der Waals surface area (Å²) >= 11 is 0. The van der Waals surface area contributed by atoms with Gasteiger partial charge in [-0.25, -0.2) is 4.98 Å². The summed E-state index contributed by atoms with van der Waals surface area (Å²) in [6.45, 7) is 8.27. The van der Waals surface area contributed by atoms with Crippen LogP contribution in [0.1, 0.15) is 22.3 Å². The molecule has 158 valence electrons. The number of benzene rings is 2. The number of aromatic nitrogens is 1. The summed E-state index contributed by atoms with van der Waals surface area (Å²) in [5, 5.41) is 1.14. The molecule has 30 heavy (non-hydrogen) atoms. The van der Waals surface area contributed by atoms with Gasteiger partial charge in [-0.1, -0.05) is 35.9 Å². The van der Waals surface area contributed by atoms with E-state index in [1.807, 2.05) is 12.1 Å². The van der Waals surface area contributed by atoms with Gasteiger partial charge in [0.05, 0.1) is 31.4 Å². The molecule has 1 atom stereocenters. The molecule has 0 amide bonds. The molecule has 2 aromatic carbocycles. The van der Waals surface area contributed by atoms with Crippen LogP contribution in [0, 0.1) is 13.8 Å². The zero-order valence-electron chi connectivity index (χ0n) is 18.1. The smallest absolute Gasteiger partial charge is 0.218 e. The molecule has 5 nitrogen and oxygen atoms in total. The van der Waals surface area contributed by atoms with Crippen LogP contribution in [0.25, 0.3) is 10.9 Å². The first-order valence-electron chi connectivity index (χ1n) is 10.5. The number of fused-ring (bicyclic) bond motifs is 1. The van der Waals surface area contributed by atoms with Crippen LogP contribution in [0.5, 0.6) is 5.88 Å². The number of nitrogens with zero attached hydrogens (tertiary/aromatic N) is 2. The predicted octanol–water partition coefficient (Wildman–Crippen LogP) is 4.28. The Kier molecular flexibility index (Phi) is 6.62. The molecular formula is C25H30N2O3.